The summed E-state index contributed by atoms with van der Waals surface area (Å²) in [5.74, 6) is -0.121. The maximum absolute atomic E-state index is 12.0. The average Bonchev–Trinajstić information content (AvgIpc) is 2.89. The zero-order valence-corrected chi connectivity index (χ0v) is 11.1. The summed E-state index contributed by atoms with van der Waals surface area (Å²) in [6.45, 7) is 2.29. The number of carbonyl (C=O) groups excluding carboxylic acids is 1. The van der Waals surface area contributed by atoms with Gasteiger partial charge in [0.15, 0.2) is 0 Å². The Bertz CT molecular complexity index is 746. The lowest BCUT2D eigenvalue weighted by atomic mass is 10.1. The van der Waals surface area contributed by atoms with E-state index >= 15 is 0 Å². The van der Waals surface area contributed by atoms with Crippen molar-refractivity contribution in [3.8, 4) is 0 Å². The first-order valence-electron chi connectivity index (χ1n) is 6.37. The Morgan fingerprint density at radius 1 is 1.15 bits per heavy atom. The molecule has 5 heteroatoms. The summed E-state index contributed by atoms with van der Waals surface area (Å²) >= 11 is 0. The molecule has 0 bridgehead atoms. The summed E-state index contributed by atoms with van der Waals surface area (Å²) in [5, 5.41) is 10.9. The number of aryl methyl sites for hydroxylation is 1. The van der Waals surface area contributed by atoms with Crippen LogP contribution >= 0.6 is 0 Å². The number of hydrogen-bond donors (Lipinski definition) is 1. The fourth-order valence-corrected chi connectivity index (χ4v) is 1.99. The number of nitrogens with one attached hydrogen (secondary N) is 1. The molecule has 2 aromatic carbocycles. The minimum absolute atomic E-state index is 0.121. The van der Waals surface area contributed by atoms with E-state index in [1.165, 1.54) is 0 Å². The SMILES string of the molecule is Cc1ccc(C(=O)NCn2nnc3ccccc32)cc1. The van der Waals surface area contributed by atoms with Gasteiger partial charge in [0, 0.05) is 5.56 Å². The third kappa shape index (κ3) is 2.38. The summed E-state index contributed by atoms with van der Waals surface area (Å²) in [7, 11) is 0. The van der Waals surface area contributed by atoms with Crippen LogP contribution in [0.25, 0.3) is 11.0 Å². The van der Waals surface area contributed by atoms with Crippen LogP contribution < -0.4 is 5.32 Å². The van der Waals surface area contributed by atoms with Crippen LogP contribution in [0, 0.1) is 6.92 Å². The molecule has 0 saturated carbocycles. The van der Waals surface area contributed by atoms with Crippen LogP contribution in [-0.2, 0) is 6.67 Å². The highest BCUT2D eigenvalue weighted by molar-refractivity contribution is 5.94. The van der Waals surface area contributed by atoms with Crippen molar-refractivity contribution in [3.05, 3.63) is 59.7 Å². The second-order valence-corrected chi connectivity index (χ2v) is 4.61. The van der Waals surface area contributed by atoms with Crippen molar-refractivity contribution in [2.75, 3.05) is 0 Å². The summed E-state index contributed by atoms with van der Waals surface area (Å²) in [6, 6.07) is 15.1. The lowest BCUT2D eigenvalue weighted by molar-refractivity contribution is 0.0940. The number of fused-ring (bicyclic) bond motifs is 1. The molecule has 0 radical (unpaired) electrons. The van der Waals surface area contributed by atoms with Crippen LogP contribution in [0.1, 0.15) is 15.9 Å². The largest absolute Gasteiger partial charge is 0.333 e. The van der Waals surface area contributed by atoms with Gasteiger partial charge in [-0.15, -0.1) is 5.10 Å². The Morgan fingerprint density at radius 2 is 1.90 bits per heavy atom. The maximum Gasteiger partial charge on any atom is 0.252 e. The number of carbonyl (C=O) groups is 1. The minimum Gasteiger partial charge on any atom is -0.333 e. The van der Waals surface area contributed by atoms with E-state index in [4.69, 9.17) is 0 Å². The third-order valence-corrected chi connectivity index (χ3v) is 3.12. The van der Waals surface area contributed by atoms with Crippen molar-refractivity contribution in [1.82, 2.24) is 20.3 Å². The molecule has 0 atom stereocenters. The molecule has 1 heterocycles. The van der Waals surface area contributed by atoms with Crippen LogP contribution in [0.15, 0.2) is 48.5 Å². The quantitative estimate of drug-likeness (QED) is 0.790. The topological polar surface area (TPSA) is 59.8 Å². The second-order valence-electron chi connectivity index (χ2n) is 4.61. The van der Waals surface area contributed by atoms with E-state index < -0.39 is 0 Å². The van der Waals surface area contributed by atoms with Gasteiger partial charge in [-0.2, -0.15) is 0 Å². The van der Waals surface area contributed by atoms with Gasteiger partial charge in [0.05, 0.1) is 5.52 Å². The van der Waals surface area contributed by atoms with Crippen molar-refractivity contribution >= 4 is 16.9 Å². The van der Waals surface area contributed by atoms with Crippen molar-refractivity contribution in [3.63, 3.8) is 0 Å². The van der Waals surface area contributed by atoms with Crippen LogP contribution in [0.5, 0.6) is 0 Å². The van der Waals surface area contributed by atoms with Crippen LogP contribution in [0.4, 0.5) is 0 Å². The summed E-state index contributed by atoms with van der Waals surface area (Å²) in [6.07, 6.45) is 0. The molecule has 1 aromatic heterocycles. The fraction of sp³-hybridized carbons (Fsp3) is 0.133. The molecule has 0 aliphatic heterocycles. The Kier molecular flexibility index (Phi) is 3.16. The fourth-order valence-electron chi connectivity index (χ4n) is 1.99. The van der Waals surface area contributed by atoms with Crippen molar-refractivity contribution in [1.29, 1.82) is 0 Å². The Labute approximate surface area is 116 Å². The standard InChI is InChI=1S/C15H14N4O/c1-11-6-8-12(9-7-11)15(20)16-10-19-14-5-3-2-4-13(14)17-18-19/h2-9H,10H2,1H3,(H,16,20). The Hall–Kier alpha value is -2.69. The third-order valence-electron chi connectivity index (χ3n) is 3.12. The molecule has 0 fully saturated rings. The van der Waals surface area contributed by atoms with Crippen LogP contribution in [0.3, 0.4) is 0 Å². The number of benzene rings is 2. The van der Waals surface area contributed by atoms with Gasteiger partial charge in [0.1, 0.15) is 12.2 Å². The van der Waals surface area contributed by atoms with Crippen molar-refractivity contribution in [2.45, 2.75) is 13.6 Å². The van der Waals surface area contributed by atoms with E-state index in [0.717, 1.165) is 16.6 Å². The molecular weight excluding hydrogens is 252 g/mol. The van der Waals surface area contributed by atoms with Gasteiger partial charge in [-0.25, -0.2) is 4.68 Å². The van der Waals surface area contributed by atoms with Crippen LogP contribution in [0.2, 0.25) is 0 Å². The molecule has 0 aliphatic carbocycles. The van der Waals surface area contributed by atoms with E-state index in [-0.39, 0.29) is 5.91 Å². The summed E-state index contributed by atoms with van der Waals surface area (Å²) in [5.41, 5.74) is 3.48. The summed E-state index contributed by atoms with van der Waals surface area (Å²) < 4.78 is 1.67. The van der Waals surface area contributed by atoms with E-state index in [0.29, 0.717) is 12.2 Å². The molecule has 3 rings (SSSR count). The number of nitrogens with zero attached hydrogens (tertiary/aromatic N) is 3. The highest BCUT2D eigenvalue weighted by Crippen LogP contribution is 2.09. The summed E-state index contributed by atoms with van der Waals surface area (Å²) in [4.78, 5) is 12.0. The Morgan fingerprint density at radius 3 is 2.70 bits per heavy atom. The van der Waals surface area contributed by atoms with Gasteiger partial charge < -0.3 is 5.32 Å². The number of aromatic nitrogens is 3. The van der Waals surface area contributed by atoms with E-state index in [1.807, 2.05) is 55.5 Å². The molecular formula is C15H14N4O. The maximum atomic E-state index is 12.0. The molecule has 0 unspecified atom stereocenters. The molecule has 100 valence electrons. The zero-order valence-electron chi connectivity index (χ0n) is 11.1. The molecule has 3 aromatic rings. The first-order valence-corrected chi connectivity index (χ1v) is 6.37. The average molecular weight is 266 g/mol. The smallest absolute Gasteiger partial charge is 0.252 e. The van der Waals surface area contributed by atoms with E-state index in [9.17, 15) is 4.79 Å². The van der Waals surface area contributed by atoms with Gasteiger partial charge in [-0.3, -0.25) is 4.79 Å². The number of hydrogen-bond acceptors (Lipinski definition) is 3. The number of rotatable bonds is 3. The van der Waals surface area contributed by atoms with Crippen molar-refractivity contribution in [2.24, 2.45) is 0 Å². The predicted molar refractivity (Wildman–Crippen MR) is 76.2 cm³/mol. The van der Waals surface area contributed by atoms with E-state index in [1.54, 1.807) is 4.68 Å². The predicted octanol–water partition coefficient (Wildman–Crippen LogP) is 2.13. The number of para-hydroxylation sites is 1. The van der Waals surface area contributed by atoms with E-state index in [2.05, 4.69) is 15.6 Å². The lowest BCUT2D eigenvalue weighted by Gasteiger charge is -2.06. The molecule has 5 nitrogen and oxygen atoms in total. The molecule has 1 amide bonds. The first kappa shape index (κ1) is 12.3. The molecule has 0 aliphatic rings. The first-order chi connectivity index (χ1) is 9.74. The highest BCUT2D eigenvalue weighted by Gasteiger charge is 2.07. The molecule has 20 heavy (non-hydrogen) atoms. The van der Waals surface area contributed by atoms with Gasteiger partial charge >= 0.3 is 0 Å². The van der Waals surface area contributed by atoms with Crippen molar-refractivity contribution < 1.29 is 4.79 Å². The van der Waals surface area contributed by atoms with Crippen LogP contribution in [-0.4, -0.2) is 20.9 Å². The zero-order chi connectivity index (χ0) is 13.9. The van der Waals surface area contributed by atoms with Gasteiger partial charge in [-0.1, -0.05) is 35.0 Å². The number of amides is 1. The monoisotopic (exact) mass is 266 g/mol. The van der Waals surface area contributed by atoms with Gasteiger partial charge in [0.2, 0.25) is 0 Å². The van der Waals surface area contributed by atoms with Gasteiger partial charge in [-0.05, 0) is 31.2 Å². The highest BCUT2D eigenvalue weighted by atomic mass is 16.1. The normalized spacial score (nSPS) is 10.7. The Balaban J connectivity index is 1.73. The molecule has 0 saturated heterocycles. The minimum atomic E-state index is -0.121. The molecule has 1 N–H and O–H groups in total. The second kappa shape index (κ2) is 5.13. The lowest BCUT2D eigenvalue weighted by Crippen LogP contribution is -2.26. The molecule has 0 spiro atoms. The van der Waals surface area contributed by atoms with Gasteiger partial charge in [0.25, 0.3) is 5.91 Å².